The number of hydrogen-bond donors (Lipinski definition) is 2. The van der Waals surface area contributed by atoms with Crippen molar-refractivity contribution in [2.45, 2.75) is 39.2 Å². The molecule has 1 aromatic heterocycles. The molecule has 0 saturated heterocycles. The summed E-state index contributed by atoms with van der Waals surface area (Å²) in [6.45, 7) is 2.97. The summed E-state index contributed by atoms with van der Waals surface area (Å²) in [5, 5.41) is 5.34. The van der Waals surface area contributed by atoms with Gasteiger partial charge in [-0.1, -0.05) is 0 Å². The van der Waals surface area contributed by atoms with Gasteiger partial charge in [0.15, 0.2) is 6.10 Å². The predicted octanol–water partition coefficient (Wildman–Crippen LogP) is 3.38. The van der Waals surface area contributed by atoms with Gasteiger partial charge < -0.3 is 15.4 Å². The van der Waals surface area contributed by atoms with Gasteiger partial charge in [-0.3, -0.25) is 9.59 Å². The summed E-state index contributed by atoms with van der Waals surface area (Å²) >= 11 is 1.45. The summed E-state index contributed by atoms with van der Waals surface area (Å²) in [7, 11) is 0. The molecule has 0 aliphatic heterocycles. The Labute approximate surface area is 155 Å². The molecule has 3 rings (SSSR count). The third-order valence-corrected chi connectivity index (χ3v) is 5.29. The van der Waals surface area contributed by atoms with Gasteiger partial charge in [-0.15, -0.1) is 11.3 Å². The highest BCUT2D eigenvalue weighted by Crippen LogP contribution is 2.31. The van der Waals surface area contributed by atoms with E-state index in [0.29, 0.717) is 16.3 Å². The van der Waals surface area contributed by atoms with Crippen molar-refractivity contribution in [1.82, 2.24) is 0 Å². The molecule has 136 valence electrons. The van der Waals surface area contributed by atoms with Crippen molar-refractivity contribution in [3.05, 3.63) is 45.6 Å². The molecule has 6 nitrogen and oxygen atoms in total. The molecule has 2 amide bonds. The number of fused-ring (bicyclic) bond motifs is 1. The first-order chi connectivity index (χ1) is 12.4. The van der Waals surface area contributed by atoms with Crippen molar-refractivity contribution >= 4 is 40.5 Å². The van der Waals surface area contributed by atoms with Crippen LogP contribution in [0.2, 0.25) is 0 Å². The van der Waals surface area contributed by atoms with E-state index in [-0.39, 0.29) is 5.91 Å². The number of carbonyl (C=O) groups is 3. The molecule has 7 heteroatoms. The minimum atomic E-state index is -0.908. The summed E-state index contributed by atoms with van der Waals surface area (Å²) in [5.74, 6) is -1.04. The highest BCUT2D eigenvalue weighted by atomic mass is 32.1. The smallest absolute Gasteiger partial charge is 0.349 e. The molecular weight excluding hydrogens is 352 g/mol. The van der Waals surface area contributed by atoms with Crippen molar-refractivity contribution < 1.29 is 19.1 Å². The predicted molar refractivity (Wildman–Crippen MR) is 101 cm³/mol. The minimum Gasteiger partial charge on any atom is -0.448 e. The number of hydrogen-bond acceptors (Lipinski definition) is 5. The van der Waals surface area contributed by atoms with Gasteiger partial charge in [0.05, 0.1) is 0 Å². The van der Waals surface area contributed by atoms with Gasteiger partial charge in [-0.05, 0) is 62.1 Å². The van der Waals surface area contributed by atoms with Crippen molar-refractivity contribution in [3.63, 3.8) is 0 Å². The summed E-state index contributed by atoms with van der Waals surface area (Å²) < 4.78 is 5.29. The van der Waals surface area contributed by atoms with Crippen LogP contribution in [0.15, 0.2) is 30.3 Å². The topological polar surface area (TPSA) is 84.5 Å². The van der Waals surface area contributed by atoms with Gasteiger partial charge in [0, 0.05) is 23.2 Å². The van der Waals surface area contributed by atoms with E-state index in [4.69, 9.17) is 4.74 Å². The SMILES string of the molecule is CC(=O)Nc1ccc(NC(=O)[C@H](C)OC(=O)c2cc3c(s2)CCC3)cc1. The second-order valence-corrected chi connectivity index (χ2v) is 7.34. The molecule has 0 unspecified atom stereocenters. The fourth-order valence-corrected chi connectivity index (χ4v) is 3.92. The summed E-state index contributed by atoms with van der Waals surface area (Å²) in [6, 6.07) is 8.57. The summed E-state index contributed by atoms with van der Waals surface area (Å²) in [4.78, 5) is 37.3. The number of nitrogens with one attached hydrogen (secondary N) is 2. The van der Waals surface area contributed by atoms with Gasteiger partial charge in [-0.25, -0.2) is 4.79 Å². The maximum absolute atomic E-state index is 12.2. The Kier molecular flexibility index (Phi) is 5.37. The van der Waals surface area contributed by atoms with E-state index in [2.05, 4.69) is 10.6 Å². The Bertz CT molecular complexity index is 820. The number of ether oxygens (including phenoxy) is 1. The zero-order valence-corrected chi connectivity index (χ0v) is 15.4. The molecule has 0 saturated carbocycles. The Balaban J connectivity index is 1.55. The molecular formula is C19H20N2O4S. The van der Waals surface area contributed by atoms with Crippen LogP contribution in [-0.2, 0) is 27.2 Å². The maximum atomic E-state index is 12.2. The molecule has 0 spiro atoms. The third kappa shape index (κ3) is 4.29. The van der Waals surface area contributed by atoms with Gasteiger partial charge >= 0.3 is 5.97 Å². The number of amides is 2. The first-order valence-electron chi connectivity index (χ1n) is 8.43. The van der Waals surface area contributed by atoms with Crippen LogP contribution in [0.25, 0.3) is 0 Å². The third-order valence-electron chi connectivity index (χ3n) is 4.07. The van der Waals surface area contributed by atoms with Crippen molar-refractivity contribution in [2.24, 2.45) is 0 Å². The van der Waals surface area contributed by atoms with Crippen LogP contribution in [0.4, 0.5) is 11.4 Å². The van der Waals surface area contributed by atoms with Crippen LogP contribution >= 0.6 is 11.3 Å². The highest BCUT2D eigenvalue weighted by Gasteiger charge is 2.23. The maximum Gasteiger partial charge on any atom is 0.349 e. The van der Waals surface area contributed by atoms with Crippen LogP contribution in [0.5, 0.6) is 0 Å². The zero-order chi connectivity index (χ0) is 18.7. The zero-order valence-electron chi connectivity index (χ0n) is 14.6. The lowest BCUT2D eigenvalue weighted by Crippen LogP contribution is -2.29. The fraction of sp³-hybridized carbons (Fsp3) is 0.316. The number of esters is 1. The number of rotatable bonds is 5. The first kappa shape index (κ1) is 18.1. The van der Waals surface area contributed by atoms with Crippen LogP contribution in [0, 0.1) is 0 Å². The van der Waals surface area contributed by atoms with Gasteiger partial charge in [0.25, 0.3) is 5.91 Å². The van der Waals surface area contributed by atoms with E-state index in [1.165, 1.54) is 28.7 Å². The number of benzene rings is 1. The van der Waals surface area contributed by atoms with E-state index >= 15 is 0 Å². The Morgan fingerprint density at radius 3 is 2.35 bits per heavy atom. The number of aryl methyl sites for hydroxylation is 2. The van der Waals surface area contributed by atoms with Gasteiger partial charge in [0.1, 0.15) is 4.88 Å². The average molecular weight is 372 g/mol. The fourth-order valence-electron chi connectivity index (χ4n) is 2.79. The molecule has 1 atom stereocenters. The largest absolute Gasteiger partial charge is 0.448 e. The van der Waals surface area contributed by atoms with Crippen molar-refractivity contribution in [1.29, 1.82) is 0 Å². The van der Waals surface area contributed by atoms with E-state index in [1.54, 1.807) is 31.2 Å². The van der Waals surface area contributed by atoms with Crippen LogP contribution in [-0.4, -0.2) is 23.9 Å². The molecule has 0 radical (unpaired) electrons. The van der Waals surface area contributed by atoms with E-state index in [0.717, 1.165) is 19.3 Å². The number of thiophene rings is 1. The normalized spacial score (nSPS) is 13.6. The Morgan fingerprint density at radius 1 is 1.08 bits per heavy atom. The second-order valence-electron chi connectivity index (χ2n) is 6.21. The molecule has 1 heterocycles. The van der Waals surface area contributed by atoms with E-state index in [9.17, 15) is 14.4 Å². The van der Waals surface area contributed by atoms with E-state index in [1.807, 2.05) is 6.07 Å². The van der Waals surface area contributed by atoms with Crippen LogP contribution in [0.3, 0.4) is 0 Å². The highest BCUT2D eigenvalue weighted by molar-refractivity contribution is 7.14. The monoisotopic (exact) mass is 372 g/mol. The molecule has 0 bridgehead atoms. The lowest BCUT2D eigenvalue weighted by molar-refractivity contribution is -0.123. The van der Waals surface area contributed by atoms with Crippen molar-refractivity contribution in [2.75, 3.05) is 10.6 Å². The molecule has 0 fully saturated rings. The molecule has 1 aliphatic rings. The second kappa shape index (κ2) is 7.70. The number of carbonyl (C=O) groups excluding carboxylic acids is 3. The van der Waals surface area contributed by atoms with Crippen LogP contribution in [0.1, 0.15) is 40.4 Å². The minimum absolute atomic E-state index is 0.165. The first-order valence-corrected chi connectivity index (χ1v) is 9.25. The standard InChI is InChI=1S/C19H20N2O4S/c1-11(25-19(24)17-10-13-4-3-5-16(13)26-17)18(23)21-15-8-6-14(7-9-15)20-12(2)22/h6-11H,3-5H2,1-2H3,(H,20,22)(H,21,23)/t11-/m0/s1. The van der Waals surface area contributed by atoms with Crippen molar-refractivity contribution in [3.8, 4) is 0 Å². The quantitative estimate of drug-likeness (QED) is 0.788. The van der Waals surface area contributed by atoms with Gasteiger partial charge in [0.2, 0.25) is 5.91 Å². The van der Waals surface area contributed by atoms with Crippen LogP contribution < -0.4 is 10.6 Å². The molecule has 2 N–H and O–H groups in total. The molecule has 2 aromatic rings. The average Bonchev–Trinajstić information content (AvgIpc) is 3.17. The molecule has 1 aromatic carbocycles. The summed E-state index contributed by atoms with van der Waals surface area (Å²) in [6.07, 6.45) is 2.24. The lowest BCUT2D eigenvalue weighted by Gasteiger charge is -2.13. The van der Waals surface area contributed by atoms with E-state index < -0.39 is 18.0 Å². The Morgan fingerprint density at radius 2 is 1.73 bits per heavy atom. The summed E-state index contributed by atoms with van der Waals surface area (Å²) in [5.41, 5.74) is 2.42. The Hall–Kier alpha value is -2.67. The number of anilines is 2. The lowest BCUT2D eigenvalue weighted by atomic mass is 10.2. The molecule has 26 heavy (non-hydrogen) atoms. The van der Waals surface area contributed by atoms with Gasteiger partial charge in [-0.2, -0.15) is 0 Å². The molecule has 1 aliphatic carbocycles.